The molecule has 1 saturated heterocycles. The molecule has 10 heteroatoms. The first-order valence-electron chi connectivity index (χ1n) is 8.58. The van der Waals surface area contributed by atoms with Gasteiger partial charge in [-0.15, -0.1) is 0 Å². The van der Waals surface area contributed by atoms with Gasteiger partial charge in [0.25, 0.3) is 5.91 Å². The van der Waals surface area contributed by atoms with Gasteiger partial charge in [-0.1, -0.05) is 6.07 Å². The highest BCUT2D eigenvalue weighted by Gasteiger charge is 2.38. The number of rotatable bonds is 7. The largest absolute Gasteiger partial charge is 0.452 e. The second kappa shape index (κ2) is 9.05. The maximum atomic E-state index is 12.9. The van der Waals surface area contributed by atoms with E-state index < -0.39 is 41.5 Å². The molecule has 0 unspecified atom stereocenters. The van der Waals surface area contributed by atoms with Crippen LogP contribution in [0.25, 0.3) is 0 Å². The van der Waals surface area contributed by atoms with Crippen LogP contribution in [0.1, 0.15) is 18.9 Å². The molecule has 0 bridgehead atoms. The van der Waals surface area contributed by atoms with Crippen LogP contribution in [0.4, 0.5) is 18.9 Å². The Kier molecular flexibility index (Phi) is 7.00. The van der Waals surface area contributed by atoms with Gasteiger partial charge in [-0.2, -0.15) is 13.2 Å². The highest BCUT2D eigenvalue weighted by Crippen LogP contribution is 2.33. The van der Waals surface area contributed by atoms with E-state index in [2.05, 4.69) is 5.32 Å². The lowest BCUT2D eigenvalue weighted by atomic mass is 10.1. The summed E-state index contributed by atoms with van der Waals surface area (Å²) in [6, 6.07) is 4.33. The number of esters is 1. The van der Waals surface area contributed by atoms with E-state index in [0.29, 0.717) is 6.61 Å². The number of hydrogen-bond donors (Lipinski definition) is 1. The van der Waals surface area contributed by atoms with Crippen molar-refractivity contribution in [2.24, 2.45) is 5.92 Å². The number of hydrogen-bond acceptors (Lipinski definition) is 5. The van der Waals surface area contributed by atoms with Gasteiger partial charge in [0.1, 0.15) is 0 Å². The van der Waals surface area contributed by atoms with Crippen LogP contribution in [0, 0.1) is 5.92 Å². The molecule has 1 heterocycles. The van der Waals surface area contributed by atoms with Crippen LogP contribution in [0.5, 0.6) is 0 Å². The summed E-state index contributed by atoms with van der Waals surface area (Å²) in [6.07, 6.45) is -5.81. The van der Waals surface area contributed by atoms with Crippen LogP contribution < -0.4 is 10.2 Å². The van der Waals surface area contributed by atoms with Crippen molar-refractivity contribution >= 4 is 23.5 Å². The van der Waals surface area contributed by atoms with Gasteiger partial charge in [0, 0.05) is 32.3 Å². The zero-order chi connectivity index (χ0) is 20.9. The minimum Gasteiger partial charge on any atom is -0.452 e. The molecule has 1 aliphatic heterocycles. The smallest absolute Gasteiger partial charge is 0.416 e. The van der Waals surface area contributed by atoms with Gasteiger partial charge in [-0.3, -0.25) is 14.4 Å². The molecule has 1 aromatic carbocycles. The van der Waals surface area contributed by atoms with E-state index in [1.54, 1.807) is 0 Å². The molecule has 7 nitrogen and oxygen atoms in total. The second-order valence-electron chi connectivity index (χ2n) is 6.32. The number of nitrogens with zero attached hydrogens (tertiary/aromatic N) is 1. The monoisotopic (exact) mass is 402 g/mol. The third-order valence-corrected chi connectivity index (χ3v) is 4.21. The first-order valence-corrected chi connectivity index (χ1v) is 8.58. The maximum absolute atomic E-state index is 12.9. The maximum Gasteiger partial charge on any atom is 0.416 e. The summed E-state index contributed by atoms with van der Waals surface area (Å²) < 4.78 is 48.5. The van der Waals surface area contributed by atoms with Crippen LogP contribution in [0.15, 0.2) is 24.3 Å². The molecule has 0 spiro atoms. The zero-order valence-electron chi connectivity index (χ0n) is 15.4. The van der Waals surface area contributed by atoms with Gasteiger partial charge < -0.3 is 19.7 Å². The number of anilines is 1. The fourth-order valence-electron chi connectivity index (χ4n) is 2.71. The number of carbonyl (C=O) groups is 3. The quantitative estimate of drug-likeness (QED) is 0.555. The first-order chi connectivity index (χ1) is 13.1. The topological polar surface area (TPSA) is 84.9 Å². The van der Waals surface area contributed by atoms with E-state index >= 15 is 0 Å². The van der Waals surface area contributed by atoms with E-state index in [-0.39, 0.29) is 25.2 Å². The number of benzene rings is 1. The summed E-state index contributed by atoms with van der Waals surface area (Å²) >= 11 is 0. The minimum atomic E-state index is -4.54. The van der Waals surface area contributed by atoms with E-state index in [1.807, 2.05) is 0 Å². The van der Waals surface area contributed by atoms with E-state index in [1.165, 1.54) is 26.2 Å². The zero-order valence-corrected chi connectivity index (χ0v) is 15.4. The molecule has 28 heavy (non-hydrogen) atoms. The average molecular weight is 402 g/mol. The van der Waals surface area contributed by atoms with Gasteiger partial charge in [-0.25, -0.2) is 0 Å². The number of alkyl halides is 3. The molecule has 2 amide bonds. The summed E-state index contributed by atoms with van der Waals surface area (Å²) in [6.45, 7) is 1.83. The van der Waals surface area contributed by atoms with E-state index in [9.17, 15) is 27.6 Å². The van der Waals surface area contributed by atoms with Crippen LogP contribution in [0.3, 0.4) is 0 Å². The summed E-state index contributed by atoms with van der Waals surface area (Å²) in [5.41, 5.74) is -0.828. The van der Waals surface area contributed by atoms with E-state index in [4.69, 9.17) is 9.47 Å². The first kappa shape index (κ1) is 21.7. The second-order valence-corrected chi connectivity index (χ2v) is 6.32. The van der Waals surface area contributed by atoms with Gasteiger partial charge in [0.2, 0.25) is 5.91 Å². The van der Waals surface area contributed by atoms with Gasteiger partial charge >= 0.3 is 12.1 Å². The van der Waals surface area contributed by atoms with Crippen molar-refractivity contribution in [2.45, 2.75) is 25.6 Å². The van der Waals surface area contributed by atoms with Crippen LogP contribution in [0.2, 0.25) is 0 Å². The third kappa shape index (κ3) is 5.44. The number of methoxy groups -OCH3 is 1. The lowest BCUT2D eigenvalue weighted by Crippen LogP contribution is -2.38. The molecule has 2 rings (SSSR count). The fraction of sp³-hybridized carbons (Fsp3) is 0.500. The van der Waals surface area contributed by atoms with Crippen molar-refractivity contribution in [1.82, 2.24) is 5.32 Å². The highest BCUT2D eigenvalue weighted by molar-refractivity contribution is 5.99. The van der Waals surface area contributed by atoms with Crippen molar-refractivity contribution < 1.29 is 37.0 Å². The molecule has 0 radical (unpaired) electrons. The van der Waals surface area contributed by atoms with Crippen molar-refractivity contribution in [1.29, 1.82) is 0 Å². The Morgan fingerprint density at radius 2 is 2.07 bits per heavy atom. The number of nitrogens with one attached hydrogen (secondary N) is 1. The Hall–Kier alpha value is -2.62. The summed E-state index contributed by atoms with van der Waals surface area (Å²) in [5, 5.41) is 2.52. The Morgan fingerprint density at radius 1 is 1.36 bits per heavy atom. The summed E-state index contributed by atoms with van der Waals surface area (Å²) in [7, 11) is 1.48. The molecule has 2 atom stereocenters. The fourth-order valence-corrected chi connectivity index (χ4v) is 2.71. The van der Waals surface area contributed by atoms with Gasteiger partial charge in [0.15, 0.2) is 6.10 Å². The normalized spacial score (nSPS) is 18.1. The van der Waals surface area contributed by atoms with Crippen molar-refractivity contribution in [2.75, 3.05) is 31.7 Å². The molecule has 154 valence electrons. The van der Waals surface area contributed by atoms with Crippen LogP contribution in [-0.2, 0) is 30.0 Å². The number of carbonyl (C=O) groups excluding carboxylic acids is 3. The standard InChI is InChI=1S/C18H21F3N2O5/c1-11(16(25)22-6-7-27-2)28-17(26)12-8-15(24)23(10-12)14-5-3-4-13(9-14)18(19,20)21/h3-5,9,11-12H,6-8,10H2,1-2H3,(H,22,25)/t11-,12-/m1/s1. The molecule has 1 aliphatic rings. The Labute approximate surface area is 159 Å². The third-order valence-electron chi connectivity index (χ3n) is 4.21. The number of ether oxygens (including phenoxy) is 2. The molecule has 0 aromatic heterocycles. The summed E-state index contributed by atoms with van der Waals surface area (Å²) in [5.74, 6) is -2.61. The number of halogens is 3. The minimum absolute atomic E-state index is 0.0560. The molecule has 0 aliphatic carbocycles. The van der Waals surface area contributed by atoms with Crippen molar-refractivity contribution in [3.63, 3.8) is 0 Å². The molecular weight excluding hydrogens is 381 g/mol. The Morgan fingerprint density at radius 3 is 2.71 bits per heavy atom. The van der Waals surface area contributed by atoms with Crippen molar-refractivity contribution in [3.8, 4) is 0 Å². The average Bonchev–Trinajstić information content (AvgIpc) is 3.03. The Bertz CT molecular complexity index is 738. The molecule has 1 N–H and O–H groups in total. The molecule has 1 aromatic rings. The molecule has 1 fully saturated rings. The predicted octanol–water partition coefficient (Wildman–Crippen LogP) is 1.75. The lowest BCUT2D eigenvalue weighted by molar-refractivity contribution is -0.158. The lowest BCUT2D eigenvalue weighted by Gasteiger charge is -2.19. The van der Waals surface area contributed by atoms with E-state index in [0.717, 1.165) is 17.0 Å². The highest BCUT2D eigenvalue weighted by atomic mass is 19.4. The summed E-state index contributed by atoms with van der Waals surface area (Å²) in [4.78, 5) is 37.4. The number of amides is 2. The Balaban J connectivity index is 1.98. The van der Waals surface area contributed by atoms with Gasteiger partial charge in [0.05, 0.1) is 18.1 Å². The van der Waals surface area contributed by atoms with Crippen LogP contribution in [-0.4, -0.2) is 50.7 Å². The molecular formula is C18H21F3N2O5. The van der Waals surface area contributed by atoms with Gasteiger partial charge in [-0.05, 0) is 25.1 Å². The molecule has 0 saturated carbocycles. The van der Waals surface area contributed by atoms with Crippen molar-refractivity contribution in [3.05, 3.63) is 29.8 Å². The SMILES string of the molecule is COCCNC(=O)[C@@H](C)OC(=O)[C@@H]1CC(=O)N(c2cccc(C(F)(F)F)c2)C1. The van der Waals surface area contributed by atoms with Crippen LogP contribution >= 0.6 is 0 Å². The predicted molar refractivity (Wildman–Crippen MR) is 92.3 cm³/mol.